The highest BCUT2D eigenvalue weighted by Gasteiger charge is 2.26. The SMILES string of the molecule is CC(C)Cn1c(SCC(=O)N2CC(C)OC(C)C2)nnc1-c1ccco1. The van der Waals surface area contributed by atoms with Crippen LogP contribution in [0, 0.1) is 5.92 Å². The Morgan fingerprint density at radius 1 is 1.31 bits per heavy atom. The monoisotopic (exact) mass is 378 g/mol. The van der Waals surface area contributed by atoms with Crippen LogP contribution in [0.25, 0.3) is 11.6 Å². The van der Waals surface area contributed by atoms with Crippen molar-refractivity contribution in [2.45, 2.75) is 51.6 Å². The van der Waals surface area contributed by atoms with Crippen LogP contribution in [0.5, 0.6) is 0 Å². The van der Waals surface area contributed by atoms with Crippen LogP contribution in [-0.2, 0) is 16.1 Å². The number of nitrogens with zero attached hydrogens (tertiary/aromatic N) is 4. The summed E-state index contributed by atoms with van der Waals surface area (Å²) >= 11 is 1.43. The third kappa shape index (κ3) is 4.48. The highest BCUT2D eigenvalue weighted by molar-refractivity contribution is 7.99. The third-order valence-electron chi connectivity index (χ3n) is 4.10. The number of hydrogen-bond donors (Lipinski definition) is 0. The average Bonchev–Trinajstić information content (AvgIpc) is 3.21. The van der Waals surface area contributed by atoms with Crippen LogP contribution in [0.3, 0.4) is 0 Å². The zero-order valence-electron chi connectivity index (χ0n) is 15.7. The highest BCUT2D eigenvalue weighted by Crippen LogP contribution is 2.26. The molecule has 0 bridgehead atoms. The third-order valence-corrected chi connectivity index (χ3v) is 5.05. The Labute approximate surface area is 158 Å². The maximum Gasteiger partial charge on any atom is 0.233 e. The van der Waals surface area contributed by atoms with Gasteiger partial charge in [-0.3, -0.25) is 9.36 Å². The fourth-order valence-electron chi connectivity index (χ4n) is 3.11. The molecule has 1 amide bonds. The lowest BCUT2D eigenvalue weighted by molar-refractivity contribution is -0.140. The molecule has 0 saturated carbocycles. The number of carbonyl (C=O) groups is 1. The second kappa shape index (κ2) is 8.26. The van der Waals surface area contributed by atoms with Crippen molar-refractivity contribution in [1.29, 1.82) is 0 Å². The molecule has 2 atom stereocenters. The summed E-state index contributed by atoms with van der Waals surface area (Å²) in [5.74, 6) is 2.26. The standard InChI is InChI=1S/C18H26N4O3S/c1-12(2)8-22-17(15-6-5-7-24-15)19-20-18(22)26-11-16(23)21-9-13(3)25-14(4)10-21/h5-7,12-14H,8-11H2,1-4H3. The molecule has 26 heavy (non-hydrogen) atoms. The molecule has 2 aromatic rings. The van der Waals surface area contributed by atoms with E-state index in [1.165, 1.54) is 11.8 Å². The number of carbonyl (C=O) groups excluding carboxylic acids is 1. The lowest BCUT2D eigenvalue weighted by Gasteiger charge is -2.35. The van der Waals surface area contributed by atoms with E-state index in [0.29, 0.717) is 36.3 Å². The quantitative estimate of drug-likeness (QED) is 0.720. The molecular formula is C18H26N4O3S. The Morgan fingerprint density at radius 3 is 2.65 bits per heavy atom. The topological polar surface area (TPSA) is 73.4 Å². The number of rotatable bonds is 6. The van der Waals surface area contributed by atoms with E-state index in [1.807, 2.05) is 35.4 Å². The summed E-state index contributed by atoms with van der Waals surface area (Å²) in [7, 11) is 0. The maximum absolute atomic E-state index is 12.6. The number of furan rings is 1. The van der Waals surface area contributed by atoms with Gasteiger partial charge in [0.05, 0.1) is 24.2 Å². The number of thioether (sulfide) groups is 1. The molecule has 8 heteroatoms. The Balaban J connectivity index is 1.70. The van der Waals surface area contributed by atoms with Crippen LogP contribution in [0.15, 0.2) is 28.0 Å². The number of ether oxygens (including phenoxy) is 1. The summed E-state index contributed by atoms with van der Waals surface area (Å²) in [5.41, 5.74) is 0. The van der Waals surface area contributed by atoms with Gasteiger partial charge in [0.1, 0.15) is 0 Å². The number of amides is 1. The molecule has 1 saturated heterocycles. The predicted octanol–water partition coefficient (Wildman–Crippen LogP) is 2.92. The van der Waals surface area contributed by atoms with Crippen molar-refractivity contribution < 1.29 is 13.9 Å². The van der Waals surface area contributed by atoms with Crippen molar-refractivity contribution >= 4 is 17.7 Å². The van der Waals surface area contributed by atoms with Gasteiger partial charge in [-0.05, 0) is 31.9 Å². The van der Waals surface area contributed by atoms with E-state index < -0.39 is 0 Å². The summed E-state index contributed by atoms with van der Waals surface area (Å²) in [6.07, 6.45) is 1.77. The van der Waals surface area contributed by atoms with Crippen molar-refractivity contribution in [3.63, 3.8) is 0 Å². The number of morpholine rings is 1. The average molecular weight is 378 g/mol. The lowest BCUT2D eigenvalue weighted by atomic mass is 10.2. The number of aromatic nitrogens is 3. The molecule has 3 heterocycles. The van der Waals surface area contributed by atoms with Gasteiger partial charge in [-0.15, -0.1) is 10.2 Å². The molecule has 7 nitrogen and oxygen atoms in total. The van der Waals surface area contributed by atoms with Crippen LogP contribution in [-0.4, -0.2) is 56.6 Å². The highest BCUT2D eigenvalue weighted by atomic mass is 32.2. The van der Waals surface area contributed by atoms with Gasteiger partial charge in [0.15, 0.2) is 16.7 Å². The fraction of sp³-hybridized carbons (Fsp3) is 0.611. The normalized spacial score (nSPS) is 20.7. The van der Waals surface area contributed by atoms with Gasteiger partial charge in [0.2, 0.25) is 5.91 Å². The van der Waals surface area contributed by atoms with E-state index in [-0.39, 0.29) is 18.1 Å². The summed E-state index contributed by atoms with van der Waals surface area (Å²) in [5, 5.41) is 9.32. The molecule has 1 fully saturated rings. The van der Waals surface area contributed by atoms with Crippen molar-refractivity contribution in [1.82, 2.24) is 19.7 Å². The van der Waals surface area contributed by atoms with Crippen molar-refractivity contribution in [2.75, 3.05) is 18.8 Å². The first-order valence-corrected chi connectivity index (χ1v) is 9.95. The van der Waals surface area contributed by atoms with Gasteiger partial charge in [0, 0.05) is 19.6 Å². The van der Waals surface area contributed by atoms with Crippen LogP contribution < -0.4 is 0 Å². The molecule has 1 aliphatic heterocycles. The summed E-state index contributed by atoms with van der Waals surface area (Å²) in [6.45, 7) is 10.3. The summed E-state index contributed by atoms with van der Waals surface area (Å²) in [6, 6.07) is 3.71. The largest absolute Gasteiger partial charge is 0.461 e. The van der Waals surface area contributed by atoms with E-state index in [4.69, 9.17) is 9.15 Å². The van der Waals surface area contributed by atoms with Crippen LogP contribution >= 0.6 is 11.8 Å². The lowest BCUT2D eigenvalue weighted by Crippen LogP contribution is -2.48. The molecule has 2 unspecified atom stereocenters. The first-order chi connectivity index (χ1) is 12.4. The zero-order chi connectivity index (χ0) is 18.7. The van der Waals surface area contributed by atoms with Crippen molar-refractivity contribution in [2.24, 2.45) is 5.92 Å². The first kappa shape index (κ1) is 19.0. The first-order valence-electron chi connectivity index (χ1n) is 8.97. The fourth-order valence-corrected chi connectivity index (χ4v) is 3.96. The molecular weight excluding hydrogens is 352 g/mol. The molecule has 0 radical (unpaired) electrons. The molecule has 3 rings (SSSR count). The smallest absolute Gasteiger partial charge is 0.233 e. The molecule has 0 N–H and O–H groups in total. The minimum absolute atomic E-state index is 0.0721. The predicted molar refractivity (Wildman–Crippen MR) is 99.9 cm³/mol. The minimum Gasteiger partial charge on any atom is -0.461 e. The molecule has 2 aromatic heterocycles. The van der Waals surface area contributed by atoms with Crippen LogP contribution in [0.4, 0.5) is 0 Å². The second-order valence-corrected chi connectivity index (χ2v) is 8.08. The zero-order valence-corrected chi connectivity index (χ0v) is 16.5. The molecule has 1 aliphatic rings. The van der Waals surface area contributed by atoms with E-state index in [9.17, 15) is 4.79 Å². The van der Waals surface area contributed by atoms with E-state index >= 15 is 0 Å². The van der Waals surface area contributed by atoms with Gasteiger partial charge in [-0.2, -0.15) is 0 Å². The van der Waals surface area contributed by atoms with E-state index in [1.54, 1.807) is 6.26 Å². The van der Waals surface area contributed by atoms with Gasteiger partial charge in [-0.1, -0.05) is 25.6 Å². The Kier molecular flexibility index (Phi) is 6.03. The molecule has 0 spiro atoms. The van der Waals surface area contributed by atoms with Gasteiger partial charge in [0.25, 0.3) is 0 Å². The Bertz CT molecular complexity index is 719. The van der Waals surface area contributed by atoms with Crippen molar-refractivity contribution in [3.05, 3.63) is 18.4 Å². The van der Waals surface area contributed by atoms with Gasteiger partial charge < -0.3 is 14.1 Å². The molecule has 142 valence electrons. The van der Waals surface area contributed by atoms with Crippen molar-refractivity contribution in [3.8, 4) is 11.6 Å². The Morgan fingerprint density at radius 2 is 2.04 bits per heavy atom. The molecule has 0 aromatic carbocycles. The summed E-state index contributed by atoms with van der Waals surface area (Å²) in [4.78, 5) is 14.5. The van der Waals surface area contributed by atoms with E-state index in [0.717, 1.165) is 11.7 Å². The van der Waals surface area contributed by atoms with E-state index in [2.05, 4.69) is 24.0 Å². The second-order valence-electron chi connectivity index (χ2n) is 7.13. The van der Waals surface area contributed by atoms with Crippen LogP contribution in [0.2, 0.25) is 0 Å². The van der Waals surface area contributed by atoms with Gasteiger partial charge >= 0.3 is 0 Å². The minimum atomic E-state index is 0.0721. The maximum atomic E-state index is 12.6. The molecule has 0 aliphatic carbocycles. The van der Waals surface area contributed by atoms with Crippen LogP contribution in [0.1, 0.15) is 27.7 Å². The van der Waals surface area contributed by atoms with Gasteiger partial charge in [-0.25, -0.2) is 0 Å². The Hall–Kier alpha value is -1.80. The number of hydrogen-bond acceptors (Lipinski definition) is 6. The summed E-state index contributed by atoms with van der Waals surface area (Å²) < 4.78 is 13.2.